The summed E-state index contributed by atoms with van der Waals surface area (Å²) in [6, 6.07) is 8.87. The molecular weight excluding hydrogens is 432 g/mol. The molecule has 2 aromatic rings. The van der Waals surface area contributed by atoms with Crippen LogP contribution in [0.1, 0.15) is 32.7 Å². The Hall–Kier alpha value is -2.42. The summed E-state index contributed by atoms with van der Waals surface area (Å²) in [5.41, 5.74) is -1.31. The third-order valence-corrected chi connectivity index (χ3v) is 4.04. The topological polar surface area (TPSA) is 58.2 Å². The van der Waals surface area contributed by atoms with E-state index in [1.165, 1.54) is 0 Å². The number of alkyl halides is 3. The van der Waals surface area contributed by atoms with Gasteiger partial charge in [0.25, 0.3) is 11.8 Å². The lowest BCUT2D eigenvalue weighted by molar-refractivity contribution is -0.140. The maximum Gasteiger partial charge on any atom is 0.419 e. The second-order valence-electron chi connectivity index (χ2n) is 5.57. The van der Waals surface area contributed by atoms with Crippen LogP contribution in [0.25, 0.3) is 0 Å². The lowest BCUT2D eigenvalue weighted by atomic mass is 10.1. The predicted octanol–water partition coefficient (Wildman–Crippen LogP) is 4.16. The maximum absolute atomic E-state index is 13.2. The average molecular weight is 447 g/mol. The van der Waals surface area contributed by atoms with Gasteiger partial charge in [0, 0.05) is 28.7 Å². The number of carbonyl (C=O) groups excluding carboxylic acids is 2. The van der Waals surface area contributed by atoms with E-state index in [0.29, 0.717) is 24.1 Å². The van der Waals surface area contributed by atoms with Crippen molar-refractivity contribution in [3.63, 3.8) is 0 Å². The third kappa shape index (κ3) is 6.06. The lowest BCUT2D eigenvalue weighted by Crippen LogP contribution is -2.30. The minimum absolute atomic E-state index is 0.135. The molecule has 9 heteroatoms. The van der Waals surface area contributed by atoms with Gasteiger partial charge in [-0.15, -0.1) is 0 Å². The molecule has 0 spiro atoms. The Morgan fingerprint density at radius 2 is 1.52 bits per heavy atom. The van der Waals surface area contributed by atoms with Gasteiger partial charge in [0.15, 0.2) is 0 Å². The molecule has 0 saturated carbocycles. The van der Waals surface area contributed by atoms with Crippen LogP contribution < -0.4 is 10.6 Å². The third-order valence-electron chi connectivity index (χ3n) is 3.55. The molecule has 0 fully saturated rings. The molecule has 0 saturated heterocycles. The van der Waals surface area contributed by atoms with E-state index in [9.17, 15) is 27.2 Å². The highest BCUT2D eigenvalue weighted by atomic mass is 79.9. The number of benzene rings is 2. The monoisotopic (exact) mass is 446 g/mol. The predicted molar refractivity (Wildman–Crippen MR) is 94.8 cm³/mol. The molecular formula is C18H15BrF4N2O2. The van der Waals surface area contributed by atoms with E-state index in [4.69, 9.17) is 0 Å². The first-order valence-electron chi connectivity index (χ1n) is 7.87. The zero-order valence-electron chi connectivity index (χ0n) is 13.9. The minimum atomic E-state index is -4.88. The van der Waals surface area contributed by atoms with Crippen LogP contribution in [0.3, 0.4) is 0 Å². The number of rotatable bonds is 6. The lowest BCUT2D eigenvalue weighted by Gasteiger charge is -2.11. The molecule has 4 nitrogen and oxygen atoms in total. The Kier molecular flexibility index (Phi) is 6.95. The fourth-order valence-corrected chi connectivity index (χ4v) is 2.61. The molecule has 144 valence electrons. The molecule has 0 unspecified atom stereocenters. The summed E-state index contributed by atoms with van der Waals surface area (Å²) >= 11 is 3.26. The highest BCUT2D eigenvalue weighted by molar-refractivity contribution is 9.10. The summed E-state index contributed by atoms with van der Waals surface area (Å²) in [5.74, 6) is -2.47. The largest absolute Gasteiger partial charge is 0.419 e. The number of nitrogens with one attached hydrogen (secondary N) is 2. The number of halogens is 5. The van der Waals surface area contributed by atoms with Gasteiger partial charge in [0.1, 0.15) is 5.82 Å². The Bertz CT molecular complexity index is 840. The molecule has 0 heterocycles. The molecule has 0 aromatic heterocycles. The van der Waals surface area contributed by atoms with E-state index in [1.54, 1.807) is 24.3 Å². The molecule has 0 atom stereocenters. The first-order valence-corrected chi connectivity index (χ1v) is 8.66. The van der Waals surface area contributed by atoms with E-state index >= 15 is 0 Å². The average Bonchev–Trinajstić information content (AvgIpc) is 2.60. The highest BCUT2D eigenvalue weighted by Gasteiger charge is 2.34. The summed E-state index contributed by atoms with van der Waals surface area (Å²) in [6.45, 7) is 0.402. The Labute approximate surface area is 161 Å². The van der Waals surface area contributed by atoms with E-state index in [-0.39, 0.29) is 24.6 Å². The van der Waals surface area contributed by atoms with Crippen molar-refractivity contribution in [2.24, 2.45) is 0 Å². The Morgan fingerprint density at radius 3 is 2.07 bits per heavy atom. The molecule has 2 N–H and O–H groups in total. The Morgan fingerprint density at radius 1 is 0.926 bits per heavy atom. The van der Waals surface area contributed by atoms with E-state index in [2.05, 4.69) is 26.6 Å². The molecule has 0 bridgehead atoms. The zero-order valence-corrected chi connectivity index (χ0v) is 15.5. The summed E-state index contributed by atoms with van der Waals surface area (Å²) < 4.78 is 52.0. The van der Waals surface area contributed by atoms with Crippen LogP contribution in [0.5, 0.6) is 0 Å². The highest BCUT2D eigenvalue weighted by Crippen LogP contribution is 2.31. The van der Waals surface area contributed by atoms with Crippen molar-refractivity contribution >= 4 is 27.7 Å². The minimum Gasteiger partial charge on any atom is -0.352 e. The molecule has 2 amide bonds. The van der Waals surface area contributed by atoms with Crippen molar-refractivity contribution in [3.8, 4) is 0 Å². The summed E-state index contributed by atoms with van der Waals surface area (Å²) in [6.07, 6.45) is -4.50. The molecule has 27 heavy (non-hydrogen) atoms. The maximum atomic E-state index is 13.2. The SMILES string of the molecule is O=C(NCCCNC(=O)c1ccc(F)c(C(F)(F)F)c1)c1cccc(Br)c1. The van der Waals surface area contributed by atoms with E-state index in [1.807, 2.05) is 0 Å². The van der Waals surface area contributed by atoms with Crippen molar-refractivity contribution in [2.45, 2.75) is 12.6 Å². The van der Waals surface area contributed by atoms with Gasteiger partial charge in [0.05, 0.1) is 5.56 Å². The second kappa shape index (κ2) is 8.98. The van der Waals surface area contributed by atoms with Gasteiger partial charge in [0.2, 0.25) is 0 Å². The van der Waals surface area contributed by atoms with Crippen molar-refractivity contribution < 1.29 is 27.2 Å². The molecule has 0 aliphatic rings. The van der Waals surface area contributed by atoms with Crippen LogP contribution in [-0.2, 0) is 6.18 Å². The van der Waals surface area contributed by atoms with Crippen LogP contribution >= 0.6 is 15.9 Å². The Balaban J connectivity index is 1.80. The van der Waals surface area contributed by atoms with Crippen LogP contribution in [-0.4, -0.2) is 24.9 Å². The van der Waals surface area contributed by atoms with Crippen LogP contribution in [0.2, 0.25) is 0 Å². The molecule has 0 radical (unpaired) electrons. The van der Waals surface area contributed by atoms with Gasteiger partial charge >= 0.3 is 6.18 Å². The quantitative estimate of drug-likeness (QED) is 0.517. The molecule has 0 aliphatic carbocycles. The van der Waals surface area contributed by atoms with Crippen molar-refractivity contribution in [1.29, 1.82) is 0 Å². The van der Waals surface area contributed by atoms with Crippen LogP contribution in [0.4, 0.5) is 17.6 Å². The van der Waals surface area contributed by atoms with Crippen LogP contribution in [0.15, 0.2) is 46.9 Å². The fraction of sp³-hybridized carbons (Fsp3) is 0.222. The van der Waals surface area contributed by atoms with Crippen molar-refractivity contribution in [2.75, 3.05) is 13.1 Å². The van der Waals surface area contributed by atoms with Crippen molar-refractivity contribution in [1.82, 2.24) is 10.6 Å². The molecule has 2 aromatic carbocycles. The summed E-state index contributed by atoms with van der Waals surface area (Å²) in [5, 5.41) is 5.10. The normalized spacial score (nSPS) is 11.1. The number of hydrogen-bond acceptors (Lipinski definition) is 2. The van der Waals surface area contributed by atoms with E-state index in [0.717, 1.165) is 10.5 Å². The van der Waals surface area contributed by atoms with Crippen molar-refractivity contribution in [3.05, 3.63) is 69.4 Å². The van der Waals surface area contributed by atoms with Gasteiger partial charge in [-0.2, -0.15) is 13.2 Å². The first kappa shape index (κ1) is 20.9. The van der Waals surface area contributed by atoms with Gasteiger partial charge in [-0.25, -0.2) is 4.39 Å². The molecule has 2 rings (SSSR count). The number of amides is 2. The van der Waals surface area contributed by atoms with Crippen LogP contribution in [0, 0.1) is 5.82 Å². The smallest absolute Gasteiger partial charge is 0.352 e. The zero-order chi connectivity index (χ0) is 20.0. The summed E-state index contributed by atoms with van der Waals surface area (Å²) in [7, 11) is 0. The standard InChI is InChI=1S/C18H15BrF4N2O2/c19-13-4-1-3-11(9-13)16(26)24-7-2-8-25-17(27)12-5-6-15(20)14(10-12)18(21,22)23/h1,3-6,9-10H,2,7-8H2,(H,24,26)(H,25,27). The van der Waals surface area contributed by atoms with Gasteiger partial charge in [-0.1, -0.05) is 22.0 Å². The van der Waals surface area contributed by atoms with Gasteiger partial charge < -0.3 is 10.6 Å². The summed E-state index contributed by atoms with van der Waals surface area (Å²) in [4.78, 5) is 23.8. The number of hydrogen-bond donors (Lipinski definition) is 2. The first-order chi connectivity index (χ1) is 12.7. The van der Waals surface area contributed by atoms with E-state index < -0.39 is 23.5 Å². The van der Waals surface area contributed by atoms with Gasteiger partial charge in [-0.3, -0.25) is 9.59 Å². The fourth-order valence-electron chi connectivity index (χ4n) is 2.21. The molecule has 0 aliphatic heterocycles. The second-order valence-corrected chi connectivity index (χ2v) is 6.48. The number of carbonyl (C=O) groups is 2. The van der Waals surface area contributed by atoms with Gasteiger partial charge in [-0.05, 0) is 42.8 Å².